The van der Waals surface area contributed by atoms with Crippen LogP contribution in [0.4, 0.5) is 5.69 Å². The molecule has 20 heavy (non-hydrogen) atoms. The van der Waals surface area contributed by atoms with E-state index in [0.717, 1.165) is 0 Å². The summed E-state index contributed by atoms with van der Waals surface area (Å²) in [4.78, 5) is 3.97. The minimum Gasteiger partial charge on any atom is -0.480 e. The minimum absolute atomic E-state index is 0.0578. The third-order valence-corrected chi connectivity index (χ3v) is 3.88. The monoisotopic (exact) mass is 289 g/mol. The molecule has 0 aliphatic rings. The molecule has 0 aliphatic heterocycles. The van der Waals surface area contributed by atoms with E-state index in [2.05, 4.69) is 9.71 Å². The first kappa shape index (κ1) is 13.8. The number of nitrogens with one attached hydrogen (secondary N) is 1. The Morgan fingerprint density at radius 3 is 2.55 bits per heavy atom. The third-order valence-electron chi connectivity index (χ3n) is 2.50. The number of rotatable bonds is 4. The SMILES string of the molecule is COc1ncccc1NS(=O)(=O)c1ccc(C#N)cc1. The highest BCUT2D eigenvalue weighted by Crippen LogP contribution is 2.23. The fraction of sp³-hybridized carbons (Fsp3) is 0.0769. The van der Waals surface area contributed by atoms with Gasteiger partial charge in [-0.15, -0.1) is 0 Å². The molecule has 0 bridgehead atoms. The summed E-state index contributed by atoms with van der Waals surface area (Å²) in [6, 6.07) is 10.7. The van der Waals surface area contributed by atoms with Gasteiger partial charge >= 0.3 is 0 Å². The fourth-order valence-corrected chi connectivity index (χ4v) is 2.60. The summed E-state index contributed by atoms with van der Waals surface area (Å²) in [5, 5.41) is 8.69. The lowest BCUT2D eigenvalue weighted by Crippen LogP contribution is -2.13. The molecule has 1 aromatic heterocycles. The first-order valence-electron chi connectivity index (χ1n) is 5.59. The van der Waals surface area contributed by atoms with Gasteiger partial charge < -0.3 is 4.74 Å². The largest absolute Gasteiger partial charge is 0.480 e. The molecule has 1 N–H and O–H groups in total. The van der Waals surface area contributed by atoms with E-state index in [-0.39, 0.29) is 16.5 Å². The molecule has 0 amide bonds. The quantitative estimate of drug-likeness (QED) is 0.926. The summed E-state index contributed by atoms with van der Waals surface area (Å²) in [6.07, 6.45) is 1.50. The topological polar surface area (TPSA) is 92.1 Å². The second kappa shape index (κ2) is 5.59. The maximum atomic E-state index is 12.2. The van der Waals surface area contributed by atoms with Crippen molar-refractivity contribution in [2.45, 2.75) is 4.90 Å². The molecule has 0 spiro atoms. The summed E-state index contributed by atoms with van der Waals surface area (Å²) < 4.78 is 31.8. The number of benzene rings is 1. The molecule has 1 aromatic carbocycles. The zero-order valence-electron chi connectivity index (χ0n) is 10.6. The van der Waals surface area contributed by atoms with Crippen molar-refractivity contribution in [3.63, 3.8) is 0 Å². The Hall–Kier alpha value is -2.59. The Kier molecular flexibility index (Phi) is 3.86. The molecule has 6 nitrogen and oxygen atoms in total. The predicted octanol–water partition coefficient (Wildman–Crippen LogP) is 1.76. The van der Waals surface area contributed by atoms with Gasteiger partial charge in [-0.05, 0) is 36.4 Å². The molecular weight excluding hydrogens is 278 g/mol. The fourth-order valence-electron chi connectivity index (χ4n) is 1.54. The average molecular weight is 289 g/mol. The number of aromatic nitrogens is 1. The number of nitrogens with zero attached hydrogens (tertiary/aromatic N) is 2. The van der Waals surface area contributed by atoms with Gasteiger partial charge in [-0.25, -0.2) is 13.4 Å². The van der Waals surface area contributed by atoms with Crippen LogP contribution in [0.15, 0.2) is 47.5 Å². The molecule has 0 radical (unpaired) electrons. The van der Waals surface area contributed by atoms with Crippen LogP contribution >= 0.6 is 0 Å². The van der Waals surface area contributed by atoms with Crippen LogP contribution in [0, 0.1) is 11.3 Å². The summed E-state index contributed by atoms with van der Waals surface area (Å²) in [5.41, 5.74) is 0.641. The van der Waals surface area contributed by atoms with Gasteiger partial charge in [0.1, 0.15) is 5.69 Å². The van der Waals surface area contributed by atoms with Crippen molar-refractivity contribution >= 4 is 15.7 Å². The third kappa shape index (κ3) is 2.87. The van der Waals surface area contributed by atoms with Gasteiger partial charge in [0, 0.05) is 6.20 Å². The van der Waals surface area contributed by atoms with Crippen molar-refractivity contribution < 1.29 is 13.2 Å². The van der Waals surface area contributed by atoms with Crippen LogP contribution in [0.1, 0.15) is 5.56 Å². The van der Waals surface area contributed by atoms with Crippen LogP contribution < -0.4 is 9.46 Å². The number of hydrogen-bond acceptors (Lipinski definition) is 5. The first-order valence-corrected chi connectivity index (χ1v) is 7.07. The van der Waals surface area contributed by atoms with E-state index in [4.69, 9.17) is 10.00 Å². The summed E-state index contributed by atoms with van der Waals surface area (Å²) in [7, 11) is -2.35. The molecule has 1 heterocycles. The van der Waals surface area contributed by atoms with Crippen molar-refractivity contribution in [2.24, 2.45) is 0 Å². The second-order valence-electron chi connectivity index (χ2n) is 3.80. The Labute approximate surface area is 116 Å². The van der Waals surface area contributed by atoms with Crippen LogP contribution in [-0.4, -0.2) is 20.5 Å². The van der Waals surface area contributed by atoms with E-state index < -0.39 is 10.0 Å². The maximum Gasteiger partial charge on any atom is 0.262 e. The van der Waals surface area contributed by atoms with Gasteiger partial charge in [-0.2, -0.15) is 5.26 Å². The van der Waals surface area contributed by atoms with Crippen LogP contribution in [0.5, 0.6) is 5.88 Å². The number of ether oxygens (including phenoxy) is 1. The van der Waals surface area contributed by atoms with E-state index in [1.54, 1.807) is 12.1 Å². The van der Waals surface area contributed by atoms with Crippen molar-refractivity contribution in [2.75, 3.05) is 11.8 Å². The van der Waals surface area contributed by atoms with E-state index in [1.165, 1.54) is 37.6 Å². The second-order valence-corrected chi connectivity index (χ2v) is 5.48. The highest BCUT2D eigenvalue weighted by atomic mass is 32.2. The maximum absolute atomic E-state index is 12.2. The standard InChI is InChI=1S/C13H11N3O3S/c1-19-13-12(3-2-8-15-13)16-20(17,18)11-6-4-10(9-14)5-7-11/h2-8,16H,1H3. The molecule has 0 fully saturated rings. The predicted molar refractivity (Wildman–Crippen MR) is 72.8 cm³/mol. The van der Waals surface area contributed by atoms with Gasteiger partial charge in [0.15, 0.2) is 0 Å². The van der Waals surface area contributed by atoms with Gasteiger partial charge in [-0.1, -0.05) is 0 Å². The molecule has 0 saturated heterocycles. The number of sulfonamides is 1. The van der Waals surface area contributed by atoms with Gasteiger partial charge in [-0.3, -0.25) is 4.72 Å². The Morgan fingerprint density at radius 2 is 1.95 bits per heavy atom. The smallest absolute Gasteiger partial charge is 0.262 e. The summed E-state index contributed by atoms with van der Waals surface area (Å²) in [6.45, 7) is 0. The van der Waals surface area contributed by atoms with Gasteiger partial charge in [0.05, 0.1) is 23.6 Å². The number of nitriles is 1. The molecular formula is C13H11N3O3S. The molecule has 102 valence electrons. The number of hydrogen-bond donors (Lipinski definition) is 1. The number of methoxy groups -OCH3 is 1. The van der Waals surface area contributed by atoms with E-state index in [1.807, 2.05) is 6.07 Å². The number of pyridine rings is 1. The summed E-state index contributed by atoms with van der Waals surface area (Å²) >= 11 is 0. The molecule has 2 aromatic rings. The van der Waals surface area contributed by atoms with Crippen LogP contribution in [0.25, 0.3) is 0 Å². The molecule has 0 aliphatic carbocycles. The minimum atomic E-state index is -3.75. The van der Waals surface area contributed by atoms with E-state index in [9.17, 15) is 8.42 Å². The van der Waals surface area contributed by atoms with Crippen molar-refractivity contribution in [3.8, 4) is 11.9 Å². The van der Waals surface area contributed by atoms with Crippen molar-refractivity contribution in [3.05, 3.63) is 48.2 Å². The first-order chi connectivity index (χ1) is 9.56. The highest BCUT2D eigenvalue weighted by molar-refractivity contribution is 7.92. The van der Waals surface area contributed by atoms with Crippen molar-refractivity contribution in [1.29, 1.82) is 5.26 Å². The average Bonchev–Trinajstić information content (AvgIpc) is 2.47. The zero-order valence-corrected chi connectivity index (χ0v) is 11.4. The van der Waals surface area contributed by atoms with Crippen LogP contribution in [0.3, 0.4) is 0 Å². The van der Waals surface area contributed by atoms with E-state index >= 15 is 0 Å². The zero-order chi connectivity index (χ0) is 14.6. The lowest BCUT2D eigenvalue weighted by molar-refractivity contribution is 0.400. The highest BCUT2D eigenvalue weighted by Gasteiger charge is 2.16. The molecule has 7 heteroatoms. The Balaban J connectivity index is 2.33. The normalized spacial score (nSPS) is 10.6. The van der Waals surface area contributed by atoms with E-state index in [0.29, 0.717) is 5.56 Å². The Morgan fingerprint density at radius 1 is 1.25 bits per heavy atom. The van der Waals surface area contributed by atoms with Gasteiger partial charge in [0.2, 0.25) is 5.88 Å². The number of anilines is 1. The summed E-state index contributed by atoms with van der Waals surface area (Å²) in [5.74, 6) is 0.185. The van der Waals surface area contributed by atoms with Crippen molar-refractivity contribution in [1.82, 2.24) is 4.98 Å². The van der Waals surface area contributed by atoms with Crippen LogP contribution in [-0.2, 0) is 10.0 Å². The lowest BCUT2D eigenvalue weighted by atomic mass is 10.2. The molecule has 0 saturated carbocycles. The molecule has 0 unspecified atom stereocenters. The van der Waals surface area contributed by atoms with Gasteiger partial charge in [0.25, 0.3) is 10.0 Å². The molecule has 0 atom stereocenters. The van der Waals surface area contributed by atoms with Crippen LogP contribution in [0.2, 0.25) is 0 Å². The molecule has 2 rings (SSSR count). The lowest BCUT2D eigenvalue weighted by Gasteiger charge is -2.10. The Bertz CT molecular complexity index is 749.